The van der Waals surface area contributed by atoms with E-state index in [2.05, 4.69) is 21.8 Å². The van der Waals surface area contributed by atoms with Gasteiger partial charge in [-0.1, -0.05) is 49.4 Å². The predicted octanol–water partition coefficient (Wildman–Crippen LogP) is 7.00. The molecule has 0 atom stereocenters. The summed E-state index contributed by atoms with van der Waals surface area (Å²) in [5.74, 6) is 0.224. The third-order valence-electron chi connectivity index (χ3n) is 6.62. The van der Waals surface area contributed by atoms with Crippen LogP contribution < -0.4 is 15.2 Å². The Labute approximate surface area is 225 Å². The van der Waals surface area contributed by atoms with E-state index < -0.39 is 5.95 Å². The van der Waals surface area contributed by atoms with Gasteiger partial charge in [0.15, 0.2) is 5.75 Å². The normalized spacial score (nSPS) is 13.1. The van der Waals surface area contributed by atoms with Gasteiger partial charge in [0.2, 0.25) is 5.95 Å². The minimum Gasteiger partial charge on any atom is -0.504 e. The number of hydrogen-bond donors (Lipinski definition) is 2. The number of aromatic nitrogens is 2. The summed E-state index contributed by atoms with van der Waals surface area (Å²) in [6.07, 6.45) is 3.29. The van der Waals surface area contributed by atoms with Crippen molar-refractivity contribution in [3.8, 4) is 22.6 Å². The summed E-state index contributed by atoms with van der Waals surface area (Å²) < 4.78 is 19.4. The zero-order valence-corrected chi connectivity index (χ0v) is 22.3. The van der Waals surface area contributed by atoms with Gasteiger partial charge in [-0.3, -0.25) is 4.79 Å². The van der Waals surface area contributed by atoms with Gasteiger partial charge >= 0.3 is 0 Å². The number of pyridine rings is 2. The molecule has 2 N–H and O–H groups in total. The number of halogens is 1. The maximum absolute atomic E-state index is 13.4. The summed E-state index contributed by atoms with van der Waals surface area (Å²) in [4.78, 5) is 23.3. The lowest BCUT2D eigenvalue weighted by Crippen LogP contribution is -2.23. The number of fused-ring (bicyclic) bond motifs is 1. The number of para-hydroxylation sites is 2. The molecule has 2 aromatic carbocycles. The molecule has 8 heteroatoms. The molecule has 38 heavy (non-hydrogen) atoms. The maximum atomic E-state index is 13.4. The molecule has 0 saturated carbocycles. The third kappa shape index (κ3) is 5.27. The summed E-state index contributed by atoms with van der Waals surface area (Å²) in [6, 6.07) is 18.4. The van der Waals surface area contributed by atoms with Gasteiger partial charge in [0.25, 0.3) is 5.56 Å². The number of benzene rings is 2. The van der Waals surface area contributed by atoms with Crippen LogP contribution in [0.1, 0.15) is 37.6 Å². The van der Waals surface area contributed by atoms with Crippen molar-refractivity contribution >= 4 is 23.1 Å². The summed E-state index contributed by atoms with van der Waals surface area (Å²) in [5.41, 5.74) is 4.25. The summed E-state index contributed by atoms with van der Waals surface area (Å²) in [5, 5.41) is 11.6. The molecule has 0 saturated heterocycles. The van der Waals surface area contributed by atoms with Crippen LogP contribution in [0.2, 0.25) is 0 Å². The second-order valence-corrected chi connectivity index (χ2v) is 10.4. The number of rotatable bonds is 7. The minimum absolute atomic E-state index is 0.0239. The standard InChI is InChI=1S/C30H30FN3O3S/c1-3-4-8-23-27(34-17-7-18-37-25-10-6-5-9-24(25)34)28(35)29(30(36)33-23)38-21-13-11-20(12-14-21)22-15-16-26(31)32-19(22)2/h5-6,9-16H,3-4,7-8,17-18H2,1-2H3,(H2,33,35,36). The van der Waals surface area contributed by atoms with Crippen LogP contribution in [0.25, 0.3) is 11.1 Å². The molecule has 0 aliphatic carbocycles. The average Bonchev–Trinajstić information content (AvgIpc) is 3.13. The molecule has 2 aromatic heterocycles. The molecule has 4 aromatic rings. The Bertz CT molecular complexity index is 1500. The fourth-order valence-corrected chi connectivity index (χ4v) is 5.59. The molecule has 0 unspecified atom stereocenters. The largest absolute Gasteiger partial charge is 0.504 e. The second-order valence-electron chi connectivity index (χ2n) is 9.28. The minimum atomic E-state index is -0.509. The molecule has 0 spiro atoms. The number of nitrogens with zero attached hydrogens (tertiary/aromatic N) is 2. The van der Waals surface area contributed by atoms with Gasteiger partial charge in [0.1, 0.15) is 16.3 Å². The predicted molar refractivity (Wildman–Crippen MR) is 149 cm³/mol. The highest BCUT2D eigenvalue weighted by atomic mass is 32.2. The van der Waals surface area contributed by atoms with E-state index in [4.69, 9.17) is 4.74 Å². The Kier molecular flexibility index (Phi) is 7.69. The number of aromatic hydroxyl groups is 1. The monoisotopic (exact) mass is 531 g/mol. The molecule has 3 heterocycles. The van der Waals surface area contributed by atoms with E-state index in [0.717, 1.165) is 52.4 Å². The number of ether oxygens (including phenoxy) is 1. The van der Waals surface area contributed by atoms with Gasteiger partial charge in [0.05, 0.1) is 12.3 Å². The van der Waals surface area contributed by atoms with Crippen molar-refractivity contribution in [3.63, 3.8) is 0 Å². The molecule has 0 bridgehead atoms. The van der Waals surface area contributed by atoms with E-state index in [9.17, 15) is 14.3 Å². The van der Waals surface area contributed by atoms with E-state index in [0.29, 0.717) is 31.0 Å². The van der Waals surface area contributed by atoms with Crippen LogP contribution in [0.4, 0.5) is 15.8 Å². The molecule has 0 fully saturated rings. The van der Waals surface area contributed by atoms with Crippen molar-refractivity contribution in [1.82, 2.24) is 9.97 Å². The highest BCUT2D eigenvalue weighted by molar-refractivity contribution is 7.99. The molecular weight excluding hydrogens is 501 g/mol. The number of nitrogens with one attached hydrogen (secondary N) is 1. The van der Waals surface area contributed by atoms with Gasteiger partial charge in [-0.05, 0) is 68.1 Å². The van der Waals surface area contributed by atoms with Crippen LogP contribution >= 0.6 is 11.8 Å². The first-order chi connectivity index (χ1) is 18.5. The van der Waals surface area contributed by atoms with E-state index in [1.54, 1.807) is 13.0 Å². The Morgan fingerprint density at radius 1 is 1.13 bits per heavy atom. The van der Waals surface area contributed by atoms with Gasteiger partial charge in [-0.15, -0.1) is 0 Å². The average molecular weight is 532 g/mol. The number of H-pyrrole nitrogens is 1. The van der Waals surface area contributed by atoms with Crippen LogP contribution in [-0.2, 0) is 6.42 Å². The molecule has 5 rings (SSSR count). The van der Waals surface area contributed by atoms with Crippen LogP contribution in [0.5, 0.6) is 11.5 Å². The van der Waals surface area contributed by atoms with Crippen LogP contribution in [0.15, 0.2) is 75.2 Å². The first-order valence-corrected chi connectivity index (χ1v) is 13.7. The van der Waals surface area contributed by atoms with Crippen molar-refractivity contribution in [3.05, 3.63) is 88.4 Å². The first-order valence-electron chi connectivity index (χ1n) is 12.8. The van der Waals surface area contributed by atoms with E-state index >= 15 is 0 Å². The van der Waals surface area contributed by atoms with E-state index in [1.807, 2.05) is 48.5 Å². The van der Waals surface area contributed by atoms with Crippen LogP contribution in [0.3, 0.4) is 0 Å². The Morgan fingerprint density at radius 2 is 1.92 bits per heavy atom. The number of anilines is 2. The zero-order chi connectivity index (χ0) is 26.6. The Balaban J connectivity index is 1.54. The lowest BCUT2D eigenvalue weighted by atomic mass is 10.1. The maximum Gasteiger partial charge on any atom is 0.266 e. The molecule has 1 aliphatic rings. The molecule has 0 amide bonds. The van der Waals surface area contributed by atoms with Gasteiger partial charge in [0, 0.05) is 28.4 Å². The molecule has 196 valence electrons. The number of aromatic amines is 1. The van der Waals surface area contributed by atoms with Crippen molar-refractivity contribution in [2.75, 3.05) is 18.1 Å². The van der Waals surface area contributed by atoms with Crippen molar-refractivity contribution in [1.29, 1.82) is 0 Å². The zero-order valence-electron chi connectivity index (χ0n) is 21.5. The highest BCUT2D eigenvalue weighted by Crippen LogP contribution is 2.45. The highest BCUT2D eigenvalue weighted by Gasteiger charge is 2.26. The number of hydrogen-bond acceptors (Lipinski definition) is 6. The molecular formula is C30H30FN3O3S. The summed E-state index contributed by atoms with van der Waals surface area (Å²) >= 11 is 1.22. The van der Waals surface area contributed by atoms with Crippen molar-refractivity contribution < 1.29 is 14.2 Å². The lowest BCUT2D eigenvalue weighted by Gasteiger charge is -2.27. The summed E-state index contributed by atoms with van der Waals surface area (Å²) in [6.45, 7) is 5.11. The fraction of sp³-hybridized carbons (Fsp3) is 0.267. The summed E-state index contributed by atoms with van der Waals surface area (Å²) in [7, 11) is 0. The Morgan fingerprint density at radius 3 is 2.68 bits per heavy atom. The molecule has 0 radical (unpaired) electrons. The van der Waals surface area contributed by atoms with Gasteiger partial charge in [-0.2, -0.15) is 4.39 Å². The van der Waals surface area contributed by atoms with Gasteiger partial charge < -0.3 is 19.7 Å². The SMILES string of the molecule is CCCCc1[nH]c(=O)c(Sc2ccc(-c3ccc(F)nc3C)cc2)c(O)c1N1CCCOc2ccccc21. The number of unbranched alkanes of at least 4 members (excludes halogenated alkanes) is 1. The lowest BCUT2D eigenvalue weighted by molar-refractivity contribution is 0.322. The van der Waals surface area contributed by atoms with Crippen molar-refractivity contribution in [2.24, 2.45) is 0 Å². The first kappa shape index (κ1) is 25.9. The third-order valence-corrected chi connectivity index (χ3v) is 7.71. The molecule has 1 aliphatic heterocycles. The second kappa shape index (κ2) is 11.3. The van der Waals surface area contributed by atoms with Crippen LogP contribution in [0, 0.1) is 12.9 Å². The molecule has 6 nitrogen and oxygen atoms in total. The quantitative estimate of drug-likeness (QED) is 0.250. The fourth-order valence-electron chi connectivity index (χ4n) is 4.75. The Hall–Kier alpha value is -3.78. The number of aryl methyl sites for hydroxylation is 2. The van der Waals surface area contributed by atoms with Crippen LogP contribution in [-0.4, -0.2) is 28.2 Å². The smallest absolute Gasteiger partial charge is 0.266 e. The van der Waals surface area contributed by atoms with E-state index in [1.165, 1.54) is 17.8 Å². The van der Waals surface area contributed by atoms with Gasteiger partial charge in [-0.25, -0.2) is 4.98 Å². The topological polar surface area (TPSA) is 78.5 Å². The van der Waals surface area contributed by atoms with Crippen molar-refractivity contribution in [2.45, 2.75) is 49.3 Å². The van der Waals surface area contributed by atoms with E-state index in [-0.39, 0.29) is 16.2 Å².